The highest BCUT2D eigenvalue weighted by atomic mass is 16.2. The zero-order chi connectivity index (χ0) is 16.5. The second-order valence-electron chi connectivity index (χ2n) is 6.62. The number of carbonyl (C=O) groups is 2. The van der Waals surface area contributed by atoms with E-state index in [1.165, 1.54) is 12.8 Å². The fraction of sp³-hybridized carbons (Fsp3) is 0.529. The molecule has 2 aromatic heterocycles. The van der Waals surface area contributed by atoms with Crippen LogP contribution >= 0.6 is 0 Å². The average molecular weight is 327 g/mol. The maximum absolute atomic E-state index is 12.4. The monoisotopic (exact) mass is 327 g/mol. The van der Waals surface area contributed by atoms with Gasteiger partial charge < -0.3 is 15.2 Å². The Morgan fingerprint density at radius 3 is 2.83 bits per heavy atom. The highest BCUT2D eigenvalue weighted by molar-refractivity contribution is 5.99. The third-order valence-electron chi connectivity index (χ3n) is 4.98. The van der Waals surface area contributed by atoms with Crippen LogP contribution in [-0.2, 0) is 4.79 Å². The van der Waals surface area contributed by atoms with Crippen molar-refractivity contribution in [2.24, 2.45) is 0 Å². The van der Waals surface area contributed by atoms with Crippen LogP contribution in [0, 0.1) is 0 Å². The van der Waals surface area contributed by atoms with Crippen LogP contribution in [0.15, 0.2) is 18.6 Å². The molecule has 1 atom stereocenters. The number of nitrogens with zero attached hydrogens (tertiary/aromatic N) is 3. The third kappa shape index (κ3) is 2.74. The van der Waals surface area contributed by atoms with Crippen LogP contribution < -0.4 is 10.6 Å². The van der Waals surface area contributed by atoms with E-state index in [4.69, 9.17) is 0 Å². The van der Waals surface area contributed by atoms with Gasteiger partial charge in [0.05, 0.1) is 11.9 Å². The molecule has 2 N–H and O–H groups in total. The quantitative estimate of drug-likeness (QED) is 0.895. The van der Waals surface area contributed by atoms with E-state index in [9.17, 15) is 9.59 Å². The topological polar surface area (TPSA) is 88.9 Å². The Morgan fingerprint density at radius 1 is 1.21 bits per heavy atom. The van der Waals surface area contributed by atoms with Crippen molar-refractivity contribution < 1.29 is 9.59 Å². The van der Waals surface area contributed by atoms with Crippen LogP contribution in [0.1, 0.15) is 54.9 Å². The number of rotatable bonds is 3. The number of hydrogen-bond acceptors (Lipinski definition) is 4. The number of nitrogens with one attached hydrogen (secondary N) is 2. The summed E-state index contributed by atoms with van der Waals surface area (Å²) in [6.45, 7) is 0.678. The Hall–Kier alpha value is -2.44. The van der Waals surface area contributed by atoms with Gasteiger partial charge in [0.15, 0.2) is 5.65 Å². The maximum atomic E-state index is 12.4. The van der Waals surface area contributed by atoms with Gasteiger partial charge in [-0.3, -0.25) is 9.59 Å². The maximum Gasteiger partial charge on any atom is 0.253 e. The number of piperidine rings is 1. The average Bonchev–Trinajstić information content (AvgIpc) is 3.25. The summed E-state index contributed by atoms with van der Waals surface area (Å²) in [4.78, 5) is 33.0. The first-order valence-corrected chi connectivity index (χ1v) is 8.63. The number of carbonyl (C=O) groups excluding carboxylic acids is 2. The first-order chi connectivity index (χ1) is 11.7. The summed E-state index contributed by atoms with van der Waals surface area (Å²) < 4.78 is 2.12. The van der Waals surface area contributed by atoms with Gasteiger partial charge in [0, 0.05) is 18.8 Å². The molecule has 3 heterocycles. The van der Waals surface area contributed by atoms with Crippen molar-refractivity contribution in [3.8, 4) is 0 Å². The zero-order valence-corrected chi connectivity index (χ0v) is 13.5. The third-order valence-corrected chi connectivity index (χ3v) is 4.98. The Balaban J connectivity index is 1.54. The molecule has 0 aromatic carbocycles. The second kappa shape index (κ2) is 6.22. The summed E-state index contributed by atoms with van der Waals surface area (Å²) >= 11 is 0. The zero-order valence-electron chi connectivity index (χ0n) is 13.5. The highest BCUT2D eigenvalue weighted by Crippen LogP contribution is 2.31. The van der Waals surface area contributed by atoms with Crippen LogP contribution in [0.25, 0.3) is 11.2 Å². The minimum Gasteiger partial charge on any atom is -0.354 e. The van der Waals surface area contributed by atoms with E-state index in [1.807, 2.05) is 6.33 Å². The van der Waals surface area contributed by atoms with E-state index >= 15 is 0 Å². The molecule has 1 aliphatic carbocycles. The van der Waals surface area contributed by atoms with Gasteiger partial charge in [-0.15, -0.1) is 0 Å². The molecule has 126 valence electrons. The van der Waals surface area contributed by atoms with E-state index in [0.717, 1.165) is 30.4 Å². The predicted octanol–water partition coefficient (Wildman–Crippen LogP) is 1.55. The Kier molecular flexibility index (Phi) is 3.92. The van der Waals surface area contributed by atoms with Crippen LogP contribution in [0.4, 0.5) is 0 Å². The van der Waals surface area contributed by atoms with Gasteiger partial charge in [0.25, 0.3) is 5.91 Å². The van der Waals surface area contributed by atoms with E-state index in [1.54, 1.807) is 12.3 Å². The minimum absolute atomic E-state index is 0.117. The van der Waals surface area contributed by atoms with Gasteiger partial charge in [-0.25, -0.2) is 9.97 Å². The van der Waals surface area contributed by atoms with Crippen molar-refractivity contribution in [2.75, 3.05) is 6.54 Å². The fourth-order valence-electron chi connectivity index (χ4n) is 3.64. The first kappa shape index (κ1) is 15.1. The van der Waals surface area contributed by atoms with Crippen LogP contribution in [0.3, 0.4) is 0 Å². The first-order valence-electron chi connectivity index (χ1n) is 8.63. The number of amides is 2. The summed E-state index contributed by atoms with van der Waals surface area (Å²) in [5.74, 6) is -0.393. The Morgan fingerprint density at radius 2 is 2.04 bits per heavy atom. The SMILES string of the molecule is O=C(NC1CCCNC1=O)c1cnc2c(c1)ncn2C1CCCC1. The molecule has 7 nitrogen and oxygen atoms in total. The predicted molar refractivity (Wildman–Crippen MR) is 88.5 cm³/mol. The molecule has 1 saturated heterocycles. The molecule has 0 spiro atoms. The molecule has 0 bridgehead atoms. The molecule has 1 unspecified atom stereocenters. The van der Waals surface area contributed by atoms with Gasteiger partial charge >= 0.3 is 0 Å². The lowest BCUT2D eigenvalue weighted by molar-refractivity contribution is -0.124. The number of pyridine rings is 1. The van der Waals surface area contributed by atoms with Crippen molar-refractivity contribution in [3.63, 3.8) is 0 Å². The van der Waals surface area contributed by atoms with E-state index in [-0.39, 0.29) is 11.8 Å². The van der Waals surface area contributed by atoms with Crippen molar-refractivity contribution >= 4 is 23.0 Å². The molecule has 4 rings (SSSR count). The van der Waals surface area contributed by atoms with Crippen molar-refractivity contribution in [1.29, 1.82) is 0 Å². The summed E-state index contributed by atoms with van der Waals surface area (Å²) in [6.07, 6.45) is 9.75. The minimum atomic E-state index is -0.460. The van der Waals surface area contributed by atoms with E-state index < -0.39 is 6.04 Å². The van der Waals surface area contributed by atoms with Gasteiger partial charge in [0.1, 0.15) is 11.6 Å². The number of imidazole rings is 1. The number of hydrogen-bond donors (Lipinski definition) is 2. The highest BCUT2D eigenvalue weighted by Gasteiger charge is 2.25. The van der Waals surface area contributed by atoms with E-state index in [2.05, 4.69) is 25.2 Å². The van der Waals surface area contributed by atoms with Crippen molar-refractivity contribution in [1.82, 2.24) is 25.2 Å². The van der Waals surface area contributed by atoms with Crippen molar-refractivity contribution in [3.05, 3.63) is 24.2 Å². The molecule has 1 aliphatic heterocycles. The molecule has 2 aromatic rings. The molecule has 2 fully saturated rings. The molecule has 2 amide bonds. The van der Waals surface area contributed by atoms with Crippen LogP contribution in [-0.4, -0.2) is 38.9 Å². The second-order valence-corrected chi connectivity index (χ2v) is 6.62. The lowest BCUT2D eigenvalue weighted by Crippen LogP contribution is -2.50. The summed E-state index contributed by atoms with van der Waals surface area (Å²) in [6, 6.07) is 1.76. The van der Waals surface area contributed by atoms with Gasteiger partial charge in [-0.05, 0) is 31.7 Å². The number of aromatic nitrogens is 3. The lowest BCUT2D eigenvalue weighted by Gasteiger charge is -2.22. The molecule has 0 radical (unpaired) electrons. The smallest absolute Gasteiger partial charge is 0.253 e. The van der Waals surface area contributed by atoms with Crippen molar-refractivity contribution in [2.45, 2.75) is 50.6 Å². The normalized spacial score (nSPS) is 21.8. The molecule has 7 heteroatoms. The molecule has 1 saturated carbocycles. The lowest BCUT2D eigenvalue weighted by atomic mass is 10.1. The van der Waals surface area contributed by atoms with Gasteiger partial charge in [-0.1, -0.05) is 12.8 Å². The fourth-order valence-corrected chi connectivity index (χ4v) is 3.64. The largest absolute Gasteiger partial charge is 0.354 e. The molecular weight excluding hydrogens is 306 g/mol. The Bertz CT molecular complexity index is 778. The molecule has 24 heavy (non-hydrogen) atoms. The Labute approximate surface area is 139 Å². The summed E-state index contributed by atoms with van der Waals surface area (Å²) in [5.41, 5.74) is 1.99. The van der Waals surface area contributed by atoms with Gasteiger partial charge in [0.2, 0.25) is 5.91 Å². The van der Waals surface area contributed by atoms with Gasteiger partial charge in [-0.2, -0.15) is 0 Å². The van der Waals surface area contributed by atoms with E-state index in [0.29, 0.717) is 24.6 Å². The number of fused-ring (bicyclic) bond motifs is 1. The molecule has 2 aliphatic rings. The molecular formula is C17H21N5O2. The standard InChI is InChI=1S/C17H21N5O2/c23-16(21-13-6-3-7-18-17(13)24)11-8-14-15(19-9-11)22(10-20-14)12-4-1-2-5-12/h8-10,12-13H,1-7H2,(H,18,24)(H,21,23). The summed E-state index contributed by atoms with van der Waals surface area (Å²) in [7, 11) is 0. The summed E-state index contributed by atoms with van der Waals surface area (Å²) in [5, 5.41) is 5.55. The van der Waals surface area contributed by atoms with Crippen LogP contribution in [0.2, 0.25) is 0 Å². The van der Waals surface area contributed by atoms with Crippen LogP contribution in [0.5, 0.6) is 0 Å².